The molecule has 1 aliphatic carbocycles. The Morgan fingerprint density at radius 3 is 2.91 bits per heavy atom. The SMILES string of the molecule is CCCNC1CCCC(O)C1. The van der Waals surface area contributed by atoms with Crippen molar-refractivity contribution in [1.82, 2.24) is 5.32 Å². The van der Waals surface area contributed by atoms with Crippen LogP contribution < -0.4 is 5.32 Å². The first-order chi connectivity index (χ1) is 5.33. The molecule has 0 saturated heterocycles. The van der Waals surface area contributed by atoms with E-state index in [9.17, 15) is 5.11 Å². The van der Waals surface area contributed by atoms with E-state index in [2.05, 4.69) is 12.2 Å². The Labute approximate surface area is 69.0 Å². The number of rotatable bonds is 3. The summed E-state index contributed by atoms with van der Waals surface area (Å²) in [6, 6.07) is 0.582. The van der Waals surface area contributed by atoms with Crippen molar-refractivity contribution in [3.8, 4) is 0 Å². The summed E-state index contributed by atoms with van der Waals surface area (Å²) in [5.41, 5.74) is 0. The Morgan fingerprint density at radius 2 is 2.27 bits per heavy atom. The Bertz CT molecular complexity index is 106. The molecule has 0 aromatic carbocycles. The minimum absolute atomic E-state index is 0.0434. The van der Waals surface area contributed by atoms with Gasteiger partial charge in [0.1, 0.15) is 0 Å². The summed E-state index contributed by atoms with van der Waals surface area (Å²) in [7, 11) is 0. The molecule has 0 aromatic heterocycles. The third kappa shape index (κ3) is 3.21. The molecule has 0 radical (unpaired) electrons. The Morgan fingerprint density at radius 1 is 1.45 bits per heavy atom. The zero-order valence-electron chi connectivity index (χ0n) is 7.34. The molecule has 2 nitrogen and oxygen atoms in total. The second-order valence-corrected chi connectivity index (χ2v) is 3.47. The van der Waals surface area contributed by atoms with Gasteiger partial charge in [0.05, 0.1) is 6.10 Å². The summed E-state index contributed by atoms with van der Waals surface area (Å²) in [5, 5.41) is 12.8. The molecular weight excluding hydrogens is 138 g/mol. The maximum absolute atomic E-state index is 9.34. The highest BCUT2D eigenvalue weighted by molar-refractivity contribution is 4.76. The maximum atomic E-state index is 9.34. The smallest absolute Gasteiger partial charge is 0.0555 e. The van der Waals surface area contributed by atoms with Gasteiger partial charge in [-0.1, -0.05) is 6.92 Å². The Kier molecular flexibility index (Phi) is 3.87. The summed E-state index contributed by atoms with van der Waals surface area (Å²) < 4.78 is 0. The molecule has 0 aromatic rings. The van der Waals surface area contributed by atoms with E-state index in [1.165, 1.54) is 19.3 Å². The Hall–Kier alpha value is -0.0800. The molecule has 1 fully saturated rings. The van der Waals surface area contributed by atoms with Gasteiger partial charge in [-0.25, -0.2) is 0 Å². The molecule has 0 spiro atoms. The molecule has 1 aliphatic rings. The van der Waals surface area contributed by atoms with Crippen LogP contribution in [0.25, 0.3) is 0 Å². The van der Waals surface area contributed by atoms with Gasteiger partial charge < -0.3 is 10.4 Å². The summed E-state index contributed by atoms with van der Waals surface area (Å²) in [5.74, 6) is 0. The molecule has 11 heavy (non-hydrogen) atoms. The maximum Gasteiger partial charge on any atom is 0.0555 e. The summed E-state index contributed by atoms with van der Waals surface area (Å²) in [6.07, 6.45) is 5.54. The first kappa shape index (κ1) is 9.01. The van der Waals surface area contributed by atoms with Crippen LogP contribution in [0.3, 0.4) is 0 Å². The second-order valence-electron chi connectivity index (χ2n) is 3.47. The molecule has 66 valence electrons. The fourth-order valence-corrected chi connectivity index (χ4v) is 1.70. The van der Waals surface area contributed by atoms with E-state index in [0.29, 0.717) is 6.04 Å². The van der Waals surface area contributed by atoms with Gasteiger partial charge in [-0.15, -0.1) is 0 Å². The molecule has 1 saturated carbocycles. The lowest BCUT2D eigenvalue weighted by Gasteiger charge is -2.26. The lowest BCUT2D eigenvalue weighted by atomic mass is 9.93. The fraction of sp³-hybridized carbons (Fsp3) is 1.00. The minimum atomic E-state index is -0.0434. The van der Waals surface area contributed by atoms with Crippen molar-refractivity contribution >= 4 is 0 Å². The topological polar surface area (TPSA) is 32.3 Å². The highest BCUT2D eigenvalue weighted by Crippen LogP contribution is 2.17. The standard InChI is InChI=1S/C9H19NO/c1-2-6-10-8-4-3-5-9(11)7-8/h8-11H,2-7H2,1H3. The molecular formula is C9H19NO. The average Bonchev–Trinajstić information content (AvgIpc) is 2.01. The highest BCUT2D eigenvalue weighted by atomic mass is 16.3. The van der Waals surface area contributed by atoms with Gasteiger partial charge in [0, 0.05) is 6.04 Å². The van der Waals surface area contributed by atoms with Crippen molar-refractivity contribution in [3.63, 3.8) is 0 Å². The first-order valence-electron chi connectivity index (χ1n) is 4.74. The predicted molar refractivity (Wildman–Crippen MR) is 46.6 cm³/mol. The van der Waals surface area contributed by atoms with Crippen molar-refractivity contribution in [2.75, 3.05) is 6.54 Å². The van der Waals surface area contributed by atoms with Crippen molar-refractivity contribution in [3.05, 3.63) is 0 Å². The van der Waals surface area contributed by atoms with Crippen LogP contribution >= 0.6 is 0 Å². The van der Waals surface area contributed by atoms with Gasteiger partial charge in [-0.2, -0.15) is 0 Å². The van der Waals surface area contributed by atoms with Crippen LogP contribution in [0.5, 0.6) is 0 Å². The number of hydrogen-bond acceptors (Lipinski definition) is 2. The van der Waals surface area contributed by atoms with Crippen LogP contribution in [0.4, 0.5) is 0 Å². The molecule has 0 aliphatic heterocycles. The van der Waals surface area contributed by atoms with E-state index in [0.717, 1.165) is 19.4 Å². The van der Waals surface area contributed by atoms with Crippen LogP contribution in [0.15, 0.2) is 0 Å². The van der Waals surface area contributed by atoms with Crippen LogP contribution in [0, 0.1) is 0 Å². The van der Waals surface area contributed by atoms with E-state index in [4.69, 9.17) is 0 Å². The van der Waals surface area contributed by atoms with Gasteiger partial charge in [0.25, 0.3) is 0 Å². The van der Waals surface area contributed by atoms with E-state index in [-0.39, 0.29) is 6.10 Å². The molecule has 1 rings (SSSR count). The van der Waals surface area contributed by atoms with E-state index >= 15 is 0 Å². The van der Waals surface area contributed by atoms with Crippen LogP contribution in [0.2, 0.25) is 0 Å². The van der Waals surface area contributed by atoms with Gasteiger partial charge >= 0.3 is 0 Å². The van der Waals surface area contributed by atoms with E-state index < -0.39 is 0 Å². The predicted octanol–water partition coefficient (Wildman–Crippen LogP) is 1.29. The fourth-order valence-electron chi connectivity index (χ4n) is 1.70. The normalized spacial score (nSPS) is 32.2. The molecule has 2 atom stereocenters. The third-order valence-electron chi connectivity index (χ3n) is 2.33. The Balaban J connectivity index is 2.12. The van der Waals surface area contributed by atoms with Crippen molar-refractivity contribution < 1.29 is 5.11 Å². The van der Waals surface area contributed by atoms with E-state index in [1.807, 2.05) is 0 Å². The summed E-state index contributed by atoms with van der Waals surface area (Å²) in [4.78, 5) is 0. The summed E-state index contributed by atoms with van der Waals surface area (Å²) >= 11 is 0. The van der Waals surface area contributed by atoms with Gasteiger partial charge in [0.15, 0.2) is 0 Å². The first-order valence-corrected chi connectivity index (χ1v) is 4.74. The molecule has 2 N–H and O–H groups in total. The number of aliphatic hydroxyl groups is 1. The zero-order valence-corrected chi connectivity index (χ0v) is 7.34. The van der Waals surface area contributed by atoms with Gasteiger partial charge in [-0.05, 0) is 38.6 Å². The monoisotopic (exact) mass is 157 g/mol. The highest BCUT2D eigenvalue weighted by Gasteiger charge is 2.18. The quantitative estimate of drug-likeness (QED) is 0.647. The molecule has 0 bridgehead atoms. The molecule has 2 unspecified atom stereocenters. The number of aliphatic hydroxyl groups excluding tert-OH is 1. The van der Waals surface area contributed by atoms with Gasteiger partial charge in [-0.3, -0.25) is 0 Å². The summed E-state index contributed by atoms with van der Waals surface area (Å²) in [6.45, 7) is 3.27. The van der Waals surface area contributed by atoms with E-state index in [1.54, 1.807) is 0 Å². The van der Waals surface area contributed by atoms with Gasteiger partial charge in [0.2, 0.25) is 0 Å². The molecule has 0 amide bonds. The second kappa shape index (κ2) is 4.73. The molecule has 2 heteroatoms. The molecule has 0 heterocycles. The van der Waals surface area contributed by atoms with Crippen LogP contribution in [0.1, 0.15) is 39.0 Å². The average molecular weight is 157 g/mol. The van der Waals surface area contributed by atoms with Crippen LogP contribution in [-0.2, 0) is 0 Å². The zero-order chi connectivity index (χ0) is 8.10. The van der Waals surface area contributed by atoms with Crippen molar-refractivity contribution in [1.29, 1.82) is 0 Å². The number of nitrogens with one attached hydrogen (secondary N) is 1. The van der Waals surface area contributed by atoms with Crippen molar-refractivity contribution in [2.45, 2.75) is 51.2 Å². The number of hydrogen-bond donors (Lipinski definition) is 2. The minimum Gasteiger partial charge on any atom is -0.393 e. The van der Waals surface area contributed by atoms with Crippen LogP contribution in [-0.4, -0.2) is 23.8 Å². The van der Waals surface area contributed by atoms with Crippen molar-refractivity contribution in [2.24, 2.45) is 0 Å². The largest absolute Gasteiger partial charge is 0.393 e. The third-order valence-corrected chi connectivity index (χ3v) is 2.33. The lowest BCUT2D eigenvalue weighted by Crippen LogP contribution is -2.36. The lowest BCUT2D eigenvalue weighted by molar-refractivity contribution is 0.112.